The maximum atomic E-state index is 13.1. The molecule has 1 aromatic heterocycles. The Kier molecular flexibility index (Phi) is 5.43. The van der Waals surface area contributed by atoms with Gasteiger partial charge < -0.3 is 24.1 Å². The van der Waals surface area contributed by atoms with Crippen LogP contribution < -0.4 is 19.5 Å². The Morgan fingerprint density at radius 1 is 1.00 bits per heavy atom. The molecule has 1 fully saturated rings. The third-order valence-corrected chi connectivity index (χ3v) is 5.35. The molecule has 1 aliphatic heterocycles. The quantitative estimate of drug-likeness (QED) is 0.560. The highest BCUT2D eigenvalue weighted by atomic mass is 16.5. The van der Waals surface area contributed by atoms with E-state index in [1.165, 1.54) is 7.11 Å². The predicted octanol–water partition coefficient (Wildman–Crippen LogP) is 2.73. The van der Waals surface area contributed by atoms with Gasteiger partial charge in [0, 0.05) is 6.07 Å². The van der Waals surface area contributed by atoms with E-state index >= 15 is 0 Å². The smallest absolute Gasteiger partial charge is 0.325 e. The number of urea groups is 1. The van der Waals surface area contributed by atoms with E-state index in [0.717, 1.165) is 4.90 Å². The molecule has 32 heavy (non-hydrogen) atoms. The number of carbonyl (C=O) groups excluding carboxylic acids is 2. The second kappa shape index (κ2) is 8.22. The van der Waals surface area contributed by atoms with Crippen molar-refractivity contribution in [1.29, 1.82) is 0 Å². The maximum absolute atomic E-state index is 13.1. The van der Waals surface area contributed by atoms with Gasteiger partial charge in [-0.1, -0.05) is 17.3 Å². The van der Waals surface area contributed by atoms with Gasteiger partial charge >= 0.3 is 6.03 Å². The van der Waals surface area contributed by atoms with Crippen LogP contribution in [0.2, 0.25) is 0 Å². The molecule has 0 radical (unpaired) electrons. The number of amides is 3. The van der Waals surface area contributed by atoms with Crippen LogP contribution in [0.15, 0.2) is 47.0 Å². The van der Waals surface area contributed by atoms with Gasteiger partial charge in [0.05, 0.1) is 26.9 Å². The Balaban J connectivity index is 1.56. The minimum Gasteiger partial charge on any atom is -0.497 e. The van der Waals surface area contributed by atoms with Gasteiger partial charge in [-0.05, 0) is 36.8 Å². The van der Waals surface area contributed by atoms with Crippen molar-refractivity contribution in [2.24, 2.45) is 0 Å². The van der Waals surface area contributed by atoms with E-state index in [1.54, 1.807) is 63.6 Å². The first-order valence-electron chi connectivity index (χ1n) is 9.73. The summed E-state index contributed by atoms with van der Waals surface area (Å²) in [7, 11) is 4.63. The average Bonchev–Trinajstić information content (AvgIpc) is 3.37. The molecule has 10 nitrogen and oxygen atoms in total. The molecule has 1 N–H and O–H groups in total. The van der Waals surface area contributed by atoms with Crippen LogP contribution in [-0.4, -0.2) is 48.3 Å². The Morgan fingerprint density at radius 3 is 2.34 bits per heavy atom. The second-order valence-electron chi connectivity index (χ2n) is 7.25. The minimum absolute atomic E-state index is 0.111. The van der Waals surface area contributed by atoms with E-state index in [4.69, 9.17) is 18.7 Å². The molecule has 1 unspecified atom stereocenters. The number of carbonyl (C=O) groups is 2. The lowest BCUT2D eigenvalue weighted by atomic mass is 9.92. The van der Waals surface area contributed by atoms with Crippen LogP contribution in [-0.2, 0) is 16.9 Å². The number of benzene rings is 2. The second-order valence-corrected chi connectivity index (χ2v) is 7.25. The van der Waals surface area contributed by atoms with E-state index in [1.807, 2.05) is 0 Å². The van der Waals surface area contributed by atoms with Crippen LogP contribution >= 0.6 is 0 Å². The highest BCUT2D eigenvalue weighted by molar-refractivity contribution is 6.07. The summed E-state index contributed by atoms with van der Waals surface area (Å²) in [5.41, 5.74) is 0.00250. The molecule has 3 aromatic rings. The maximum Gasteiger partial charge on any atom is 0.325 e. The molecular formula is C22H22N4O6. The summed E-state index contributed by atoms with van der Waals surface area (Å²) in [6.07, 6.45) is 0. The van der Waals surface area contributed by atoms with E-state index in [2.05, 4.69) is 15.5 Å². The minimum atomic E-state index is -1.22. The summed E-state index contributed by atoms with van der Waals surface area (Å²) in [6.45, 7) is 1.48. The van der Waals surface area contributed by atoms with Crippen LogP contribution in [0.1, 0.15) is 18.4 Å². The Hall–Kier alpha value is -4.08. The Morgan fingerprint density at radius 2 is 1.69 bits per heavy atom. The summed E-state index contributed by atoms with van der Waals surface area (Å²) >= 11 is 0. The van der Waals surface area contributed by atoms with Crippen LogP contribution in [0.5, 0.6) is 17.2 Å². The molecule has 0 saturated carbocycles. The number of nitrogens with one attached hydrogen (secondary N) is 1. The van der Waals surface area contributed by atoms with Crippen LogP contribution in [0.4, 0.5) is 4.79 Å². The summed E-state index contributed by atoms with van der Waals surface area (Å²) in [4.78, 5) is 31.1. The molecule has 4 rings (SSSR count). The third-order valence-electron chi connectivity index (χ3n) is 5.35. The molecule has 166 valence electrons. The van der Waals surface area contributed by atoms with Crippen molar-refractivity contribution in [2.45, 2.75) is 19.0 Å². The van der Waals surface area contributed by atoms with Gasteiger partial charge in [0.1, 0.15) is 29.3 Å². The third kappa shape index (κ3) is 3.59. The summed E-state index contributed by atoms with van der Waals surface area (Å²) < 4.78 is 21.0. The first kappa shape index (κ1) is 21.2. The number of rotatable bonds is 7. The normalized spacial score (nSPS) is 17.9. The highest BCUT2D eigenvalue weighted by Gasteiger charge is 2.49. The fraction of sp³-hybridized carbons (Fsp3) is 0.273. The van der Waals surface area contributed by atoms with Crippen molar-refractivity contribution >= 4 is 11.9 Å². The van der Waals surface area contributed by atoms with Crippen LogP contribution in [0.25, 0.3) is 11.4 Å². The zero-order chi connectivity index (χ0) is 22.9. The lowest BCUT2D eigenvalue weighted by Crippen LogP contribution is -2.40. The number of hydrogen-bond donors (Lipinski definition) is 1. The zero-order valence-electron chi connectivity index (χ0n) is 18.0. The highest BCUT2D eigenvalue weighted by Crippen LogP contribution is 2.33. The SMILES string of the molecule is COc1ccc(C2(C)NC(=O)N(Cc3nc(-c4ccc(OC)cc4OC)no3)C2=O)cc1. The molecular weight excluding hydrogens is 416 g/mol. The Bertz CT molecular complexity index is 1160. The van der Waals surface area contributed by atoms with E-state index in [9.17, 15) is 9.59 Å². The first-order valence-corrected chi connectivity index (χ1v) is 9.73. The molecule has 0 spiro atoms. The number of imide groups is 1. The number of ether oxygens (including phenoxy) is 3. The fourth-order valence-corrected chi connectivity index (χ4v) is 3.51. The molecule has 2 aromatic carbocycles. The van der Waals surface area contributed by atoms with Gasteiger partial charge in [-0.15, -0.1) is 0 Å². The van der Waals surface area contributed by atoms with Gasteiger partial charge in [-0.25, -0.2) is 4.79 Å². The van der Waals surface area contributed by atoms with Gasteiger partial charge in [-0.3, -0.25) is 9.69 Å². The fourth-order valence-electron chi connectivity index (χ4n) is 3.51. The van der Waals surface area contributed by atoms with Crippen LogP contribution in [0, 0.1) is 0 Å². The summed E-state index contributed by atoms with van der Waals surface area (Å²) in [5, 5.41) is 6.71. The molecule has 2 heterocycles. The lowest BCUT2D eigenvalue weighted by molar-refractivity contribution is -0.131. The lowest BCUT2D eigenvalue weighted by Gasteiger charge is -2.22. The molecule has 3 amide bonds. The van der Waals surface area contributed by atoms with Gasteiger partial charge in [0.2, 0.25) is 11.7 Å². The first-order chi connectivity index (χ1) is 15.4. The Labute approximate surface area is 184 Å². The van der Waals surface area contributed by atoms with Crippen molar-refractivity contribution in [1.82, 2.24) is 20.4 Å². The predicted molar refractivity (Wildman–Crippen MR) is 112 cm³/mol. The number of aromatic nitrogens is 2. The number of methoxy groups -OCH3 is 3. The standard InChI is InChI=1S/C22H22N4O6/c1-22(13-5-7-14(29-2)8-6-13)20(27)26(21(28)24-22)12-18-23-19(25-32-18)16-10-9-15(30-3)11-17(16)31-4/h5-11H,12H2,1-4H3,(H,24,28). The van der Waals surface area contributed by atoms with E-state index in [0.29, 0.717) is 28.4 Å². The summed E-state index contributed by atoms with van der Waals surface area (Å²) in [6, 6.07) is 11.6. The van der Waals surface area contributed by atoms with Crippen molar-refractivity contribution in [2.75, 3.05) is 21.3 Å². The van der Waals surface area contributed by atoms with Gasteiger partial charge in [0.15, 0.2) is 0 Å². The van der Waals surface area contributed by atoms with E-state index in [-0.39, 0.29) is 18.3 Å². The van der Waals surface area contributed by atoms with Crippen LogP contribution in [0.3, 0.4) is 0 Å². The molecule has 10 heteroatoms. The van der Waals surface area contributed by atoms with Crippen molar-refractivity contribution < 1.29 is 28.3 Å². The summed E-state index contributed by atoms with van der Waals surface area (Å²) in [5.74, 6) is 1.72. The van der Waals surface area contributed by atoms with Gasteiger partial charge in [-0.2, -0.15) is 4.98 Å². The molecule has 0 aliphatic carbocycles. The average molecular weight is 438 g/mol. The molecule has 1 atom stereocenters. The molecule has 0 bridgehead atoms. The van der Waals surface area contributed by atoms with Crippen molar-refractivity contribution in [3.63, 3.8) is 0 Å². The molecule has 1 aliphatic rings. The number of nitrogens with zero attached hydrogens (tertiary/aromatic N) is 3. The van der Waals surface area contributed by atoms with Crippen molar-refractivity contribution in [3.05, 3.63) is 53.9 Å². The number of hydrogen-bond acceptors (Lipinski definition) is 8. The molecule has 1 saturated heterocycles. The van der Waals surface area contributed by atoms with E-state index < -0.39 is 17.5 Å². The van der Waals surface area contributed by atoms with Crippen molar-refractivity contribution in [3.8, 4) is 28.6 Å². The monoisotopic (exact) mass is 438 g/mol. The topological polar surface area (TPSA) is 116 Å². The largest absolute Gasteiger partial charge is 0.497 e. The van der Waals surface area contributed by atoms with Gasteiger partial charge in [0.25, 0.3) is 5.91 Å². The zero-order valence-corrected chi connectivity index (χ0v) is 18.0.